The highest BCUT2D eigenvalue weighted by molar-refractivity contribution is 7.98. The van der Waals surface area contributed by atoms with Crippen molar-refractivity contribution in [2.45, 2.75) is 43.6 Å². The first kappa shape index (κ1) is 23.7. The predicted octanol–water partition coefficient (Wildman–Crippen LogP) is 4.64. The fourth-order valence-corrected chi connectivity index (χ4v) is 6.15. The summed E-state index contributed by atoms with van der Waals surface area (Å²) in [6.45, 7) is 2.67. The number of carbonyl (C=O) groups is 1. The van der Waals surface area contributed by atoms with Gasteiger partial charge in [0.1, 0.15) is 9.84 Å². The van der Waals surface area contributed by atoms with Crippen molar-refractivity contribution in [2.75, 3.05) is 14.1 Å². The summed E-state index contributed by atoms with van der Waals surface area (Å²) in [5.74, 6) is 0.636. The first-order valence-corrected chi connectivity index (χ1v) is 13.5. The lowest BCUT2D eigenvalue weighted by molar-refractivity contribution is -0.127. The number of aromatic nitrogens is 3. The number of hydrogen-bond acceptors (Lipinski definition) is 7. The molecule has 6 nitrogen and oxygen atoms in total. The van der Waals surface area contributed by atoms with Gasteiger partial charge in [-0.05, 0) is 24.5 Å². The minimum absolute atomic E-state index is 0.0185. The van der Waals surface area contributed by atoms with Crippen LogP contribution in [0.4, 0.5) is 0 Å². The number of benzene rings is 1. The monoisotopic (exact) mass is 498 g/mol. The van der Waals surface area contributed by atoms with Gasteiger partial charge in [0.25, 0.3) is 5.56 Å². The molecule has 0 saturated carbocycles. The van der Waals surface area contributed by atoms with Crippen LogP contribution in [0.15, 0.2) is 51.7 Å². The molecule has 3 heterocycles. The van der Waals surface area contributed by atoms with Crippen molar-refractivity contribution in [1.29, 1.82) is 0 Å². The highest BCUT2D eigenvalue weighted by Gasteiger charge is 2.16. The summed E-state index contributed by atoms with van der Waals surface area (Å²) in [6, 6.07) is 12.2. The quantitative estimate of drug-likeness (QED) is 0.248. The lowest BCUT2D eigenvalue weighted by atomic mass is 10.1. The van der Waals surface area contributed by atoms with Crippen LogP contribution in [0.2, 0.25) is 0 Å². The molecule has 0 spiro atoms. The number of carbonyl (C=O) groups excluding carboxylic acids is 1. The molecule has 3 aromatic heterocycles. The van der Waals surface area contributed by atoms with Crippen LogP contribution in [-0.2, 0) is 36.4 Å². The molecular formula is C24H26N4O2S3. The van der Waals surface area contributed by atoms with Gasteiger partial charge in [0.15, 0.2) is 5.16 Å². The third kappa shape index (κ3) is 5.72. The van der Waals surface area contributed by atoms with Gasteiger partial charge in [-0.3, -0.25) is 14.2 Å². The Kier molecular flexibility index (Phi) is 7.62. The molecule has 0 unspecified atom stereocenters. The summed E-state index contributed by atoms with van der Waals surface area (Å²) in [7, 11) is 3.50. The van der Waals surface area contributed by atoms with E-state index in [9.17, 15) is 9.59 Å². The van der Waals surface area contributed by atoms with E-state index >= 15 is 0 Å². The molecule has 33 heavy (non-hydrogen) atoms. The Labute approximate surface area is 205 Å². The Hall–Kier alpha value is -2.49. The topological polar surface area (TPSA) is 68.1 Å². The van der Waals surface area contributed by atoms with E-state index in [1.807, 2.05) is 29.6 Å². The van der Waals surface area contributed by atoms with Crippen molar-refractivity contribution in [2.24, 2.45) is 0 Å². The van der Waals surface area contributed by atoms with E-state index < -0.39 is 0 Å². The number of thiophene rings is 1. The van der Waals surface area contributed by atoms with E-state index in [1.54, 1.807) is 34.9 Å². The second-order valence-corrected chi connectivity index (χ2v) is 10.9. The Balaban J connectivity index is 1.58. The number of thioether (sulfide) groups is 1. The average molecular weight is 499 g/mol. The van der Waals surface area contributed by atoms with Crippen LogP contribution in [0.1, 0.15) is 28.1 Å². The standard InChI is InChI=1S/C24H26N4O2S3/c1-4-18-12-19-22(33-18)26-24(28(23(19)30)11-10-16-8-6-5-7-9-16)32-15-17-14-31-20(25-17)13-21(29)27(2)3/h5-9,12,14H,4,10-11,13,15H2,1-3H3. The normalized spacial score (nSPS) is 11.2. The highest BCUT2D eigenvalue weighted by atomic mass is 32.2. The number of thiazole rings is 1. The zero-order valence-electron chi connectivity index (χ0n) is 18.9. The van der Waals surface area contributed by atoms with Gasteiger partial charge in [0.05, 0.1) is 17.5 Å². The Morgan fingerprint density at radius 1 is 1.18 bits per heavy atom. The second-order valence-electron chi connectivity index (χ2n) is 7.86. The largest absolute Gasteiger partial charge is 0.348 e. The maximum Gasteiger partial charge on any atom is 0.262 e. The number of hydrogen-bond donors (Lipinski definition) is 0. The van der Waals surface area contributed by atoms with E-state index in [2.05, 4.69) is 24.0 Å². The molecule has 0 atom stereocenters. The molecule has 0 aliphatic rings. The van der Waals surface area contributed by atoms with Crippen LogP contribution in [0.5, 0.6) is 0 Å². The van der Waals surface area contributed by atoms with E-state index in [0.717, 1.165) is 28.4 Å². The van der Waals surface area contributed by atoms with Gasteiger partial charge >= 0.3 is 0 Å². The molecule has 0 fully saturated rings. The molecule has 0 N–H and O–H groups in total. The summed E-state index contributed by atoms with van der Waals surface area (Å²) in [6.07, 6.45) is 1.96. The summed E-state index contributed by atoms with van der Waals surface area (Å²) in [5.41, 5.74) is 2.11. The molecule has 0 radical (unpaired) electrons. The predicted molar refractivity (Wildman–Crippen MR) is 137 cm³/mol. The van der Waals surface area contributed by atoms with Crippen LogP contribution < -0.4 is 5.56 Å². The third-order valence-electron chi connectivity index (χ3n) is 5.23. The van der Waals surface area contributed by atoms with Crippen molar-refractivity contribution < 1.29 is 4.79 Å². The summed E-state index contributed by atoms with van der Waals surface area (Å²) < 4.78 is 1.80. The van der Waals surface area contributed by atoms with Gasteiger partial charge in [-0.2, -0.15) is 0 Å². The Morgan fingerprint density at radius 3 is 2.70 bits per heavy atom. The van der Waals surface area contributed by atoms with Crippen molar-refractivity contribution >= 4 is 50.6 Å². The zero-order chi connectivity index (χ0) is 23.4. The Morgan fingerprint density at radius 2 is 1.97 bits per heavy atom. The van der Waals surface area contributed by atoms with Gasteiger partial charge in [-0.15, -0.1) is 22.7 Å². The van der Waals surface area contributed by atoms with Crippen LogP contribution in [0.25, 0.3) is 10.2 Å². The number of fused-ring (bicyclic) bond motifs is 1. The minimum atomic E-state index is 0.0185. The fraction of sp³-hybridized carbons (Fsp3) is 0.333. The zero-order valence-corrected chi connectivity index (χ0v) is 21.4. The lowest BCUT2D eigenvalue weighted by Crippen LogP contribution is -2.24. The van der Waals surface area contributed by atoms with Crippen LogP contribution >= 0.6 is 34.4 Å². The molecule has 0 aliphatic heterocycles. The lowest BCUT2D eigenvalue weighted by Gasteiger charge is -2.11. The maximum absolute atomic E-state index is 13.4. The van der Waals surface area contributed by atoms with Crippen LogP contribution in [0.3, 0.4) is 0 Å². The smallest absolute Gasteiger partial charge is 0.262 e. The SMILES string of the molecule is CCc1cc2c(=O)n(CCc3ccccc3)c(SCc3csc(CC(=O)N(C)C)n3)nc2s1. The molecule has 1 aromatic carbocycles. The van der Waals surface area contributed by atoms with Crippen molar-refractivity contribution in [3.05, 3.63) is 73.3 Å². The van der Waals surface area contributed by atoms with E-state index in [1.165, 1.54) is 33.5 Å². The van der Waals surface area contributed by atoms with Gasteiger partial charge in [-0.25, -0.2) is 9.97 Å². The molecule has 0 bridgehead atoms. The summed E-state index contributed by atoms with van der Waals surface area (Å²) in [5, 5.41) is 4.20. The number of amides is 1. The van der Waals surface area contributed by atoms with Crippen LogP contribution in [0, 0.1) is 0 Å². The molecule has 0 aliphatic carbocycles. The summed E-state index contributed by atoms with van der Waals surface area (Å²) >= 11 is 4.61. The first-order valence-electron chi connectivity index (χ1n) is 10.8. The number of nitrogens with zero attached hydrogens (tertiary/aromatic N) is 4. The van der Waals surface area contributed by atoms with Crippen molar-refractivity contribution in [3.63, 3.8) is 0 Å². The number of likely N-dealkylation sites (N-methyl/N-ethyl adjacent to an activating group) is 1. The van der Waals surface area contributed by atoms with Gasteiger partial charge < -0.3 is 4.90 Å². The minimum Gasteiger partial charge on any atom is -0.348 e. The van der Waals surface area contributed by atoms with E-state index in [4.69, 9.17) is 4.98 Å². The average Bonchev–Trinajstić information content (AvgIpc) is 3.44. The highest BCUT2D eigenvalue weighted by Crippen LogP contribution is 2.27. The molecule has 9 heteroatoms. The second kappa shape index (κ2) is 10.6. The van der Waals surface area contributed by atoms with Gasteiger partial charge in [0, 0.05) is 36.7 Å². The van der Waals surface area contributed by atoms with Crippen LogP contribution in [-0.4, -0.2) is 39.4 Å². The van der Waals surface area contributed by atoms with E-state index in [0.29, 0.717) is 29.3 Å². The molecule has 4 rings (SSSR count). The van der Waals surface area contributed by atoms with Gasteiger partial charge in [0.2, 0.25) is 5.91 Å². The van der Waals surface area contributed by atoms with Crippen molar-refractivity contribution in [1.82, 2.24) is 19.4 Å². The number of rotatable bonds is 9. The summed E-state index contributed by atoms with van der Waals surface area (Å²) in [4.78, 5) is 38.3. The molecule has 172 valence electrons. The fourth-order valence-electron chi connectivity index (χ4n) is 3.34. The molecule has 1 amide bonds. The third-order valence-corrected chi connectivity index (χ3v) is 8.31. The van der Waals surface area contributed by atoms with Crippen molar-refractivity contribution in [3.8, 4) is 0 Å². The van der Waals surface area contributed by atoms with E-state index in [-0.39, 0.29) is 11.5 Å². The number of aryl methyl sites for hydroxylation is 2. The molecule has 0 saturated heterocycles. The van der Waals surface area contributed by atoms with Gasteiger partial charge in [-0.1, -0.05) is 49.0 Å². The molecular weight excluding hydrogens is 472 g/mol. The first-order chi connectivity index (χ1) is 15.9. The molecule has 4 aromatic rings. The Bertz CT molecular complexity index is 1310. The maximum atomic E-state index is 13.4.